The van der Waals surface area contributed by atoms with E-state index in [1.807, 2.05) is 19.1 Å². The lowest BCUT2D eigenvalue weighted by atomic mass is 9.82. The smallest absolute Gasteiger partial charge is 0.161 e. The van der Waals surface area contributed by atoms with Crippen molar-refractivity contribution < 1.29 is 9.84 Å². The summed E-state index contributed by atoms with van der Waals surface area (Å²) in [5.41, 5.74) is 1.73. The third-order valence-electron chi connectivity index (χ3n) is 4.75. The van der Waals surface area contributed by atoms with E-state index in [0.717, 1.165) is 6.54 Å². The zero-order chi connectivity index (χ0) is 14.6. The van der Waals surface area contributed by atoms with Crippen molar-refractivity contribution in [3.63, 3.8) is 0 Å². The molecule has 0 unspecified atom stereocenters. The van der Waals surface area contributed by atoms with E-state index in [-0.39, 0.29) is 5.75 Å². The Hall–Kier alpha value is -1.22. The molecule has 0 aromatic heterocycles. The first-order valence-electron chi connectivity index (χ1n) is 7.79. The van der Waals surface area contributed by atoms with Crippen LogP contribution in [0.25, 0.3) is 0 Å². The van der Waals surface area contributed by atoms with Gasteiger partial charge < -0.3 is 9.84 Å². The van der Waals surface area contributed by atoms with Crippen molar-refractivity contribution in [1.82, 2.24) is 4.90 Å². The number of aromatic hydroxyl groups is 1. The van der Waals surface area contributed by atoms with Gasteiger partial charge in [0.1, 0.15) is 0 Å². The minimum Gasteiger partial charge on any atom is -0.504 e. The van der Waals surface area contributed by atoms with Crippen LogP contribution in [0.1, 0.15) is 45.6 Å². The van der Waals surface area contributed by atoms with Crippen LogP contribution in [0, 0.1) is 5.41 Å². The minimum absolute atomic E-state index is 0.230. The van der Waals surface area contributed by atoms with Gasteiger partial charge in [-0.05, 0) is 55.8 Å². The quantitative estimate of drug-likeness (QED) is 0.858. The summed E-state index contributed by atoms with van der Waals surface area (Å²) >= 11 is 0. The summed E-state index contributed by atoms with van der Waals surface area (Å²) in [4.78, 5) is 2.52. The van der Waals surface area contributed by atoms with Crippen LogP contribution >= 0.6 is 0 Å². The number of phenols is 1. The molecule has 1 fully saturated rings. The number of hydrogen-bond acceptors (Lipinski definition) is 3. The number of nitrogens with zero attached hydrogens (tertiary/aromatic N) is 1. The Balaban J connectivity index is 2.02. The van der Waals surface area contributed by atoms with Gasteiger partial charge in [-0.2, -0.15) is 0 Å². The van der Waals surface area contributed by atoms with Gasteiger partial charge in [-0.3, -0.25) is 4.90 Å². The molecule has 0 bridgehead atoms. The third kappa shape index (κ3) is 3.26. The van der Waals surface area contributed by atoms with E-state index >= 15 is 0 Å². The molecule has 2 rings (SSSR count). The lowest BCUT2D eigenvalue weighted by molar-refractivity contribution is 0.236. The summed E-state index contributed by atoms with van der Waals surface area (Å²) in [6, 6.07) is 5.70. The van der Waals surface area contributed by atoms with Gasteiger partial charge in [0.25, 0.3) is 0 Å². The highest BCUT2D eigenvalue weighted by Crippen LogP contribution is 2.38. The van der Waals surface area contributed by atoms with Gasteiger partial charge in [-0.1, -0.05) is 19.9 Å². The normalized spacial score (nSPS) is 18.4. The van der Waals surface area contributed by atoms with E-state index in [4.69, 9.17) is 4.74 Å². The average molecular weight is 277 g/mol. The second-order valence-corrected chi connectivity index (χ2v) is 5.90. The highest BCUT2D eigenvalue weighted by Gasteiger charge is 2.34. The molecule has 0 radical (unpaired) electrons. The maximum absolute atomic E-state index is 9.75. The van der Waals surface area contributed by atoms with Crippen LogP contribution in [0.15, 0.2) is 18.2 Å². The molecule has 1 aromatic carbocycles. The summed E-state index contributed by atoms with van der Waals surface area (Å²) in [5, 5.41) is 9.75. The van der Waals surface area contributed by atoms with Crippen LogP contribution in [0.4, 0.5) is 0 Å². The van der Waals surface area contributed by atoms with E-state index in [1.54, 1.807) is 6.07 Å². The van der Waals surface area contributed by atoms with Gasteiger partial charge >= 0.3 is 0 Å². The Kier molecular flexibility index (Phi) is 4.92. The Morgan fingerprint density at radius 2 is 2.00 bits per heavy atom. The van der Waals surface area contributed by atoms with Crippen molar-refractivity contribution in [1.29, 1.82) is 0 Å². The summed E-state index contributed by atoms with van der Waals surface area (Å²) in [6.07, 6.45) is 3.83. The molecular formula is C17H27NO2. The fourth-order valence-electron chi connectivity index (χ4n) is 3.18. The zero-order valence-corrected chi connectivity index (χ0v) is 13.0. The van der Waals surface area contributed by atoms with Crippen LogP contribution in [0.2, 0.25) is 0 Å². The Bertz CT molecular complexity index is 441. The monoisotopic (exact) mass is 277 g/mol. The van der Waals surface area contributed by atoms with Crippen LogP contribution in [-0.2, 0) is 6.54 Å². The van der Waals surface area contributed by atoms with Crippen LogP contribution in [-0.4, -0.2) is 29.7 Å². The van der Waals surface area contributed by atoms with Gasteiger partial charge in [-0.15, -0.1) is 0 Å². The number of ether oxygens (including phenoxy) is 1. The molecule has 0 spiro atoms. The van der Waals surface area contributed by atoms with Gasteiger partial charge in [0.2, 0.25) is 0 Å². The highest BCUT2D eigenvalue weighted by atomic mass is 16.5. The van der Waals surface area contributed by atoms with Gasteiger partial charge in [0.05, 0.1) is 6.61 Å². The van der Waals surface area contributed by atoms with Crippen molar-refractivity contribution in [2.45, 2.75) is 46.6 Å². The fraction of sp³-hybridized carbons (Fsp3) is 0.647. The van der Waals surface area contributed by atoms with Crippen molar-refractivity contribution in [3.8, 4) is 11.5 Å². The lowest BCUT2D eigenvalue weighted by Crippen LogP contribution is -2.26. The Morgan fingerprint density at radius 3 is 2.60 bits per heavy atom. The fourth-order valence-corrected chi connectivity index (χ4v) is 3.18. The molecule has 1 aliphatic rings. The maximum Gasteiger partial charge on any atom is 0.161 e. The Labute approximate surface area is 122 Å². The number of rotatable bonds is 6. The molecule has 1 saturated heterocycles. The number of benzene rings is 1. The molecule has 1 heterocycles. The molecule has 20 heavy (non-hydrogen) atoms. The standard InChI is InChI=1S/C17H27NO2/c1-4-17(5-2)9-10-18(13-17)12-14-7-8-15(19)16(11-14)20-6-3/h7-8,11,19H,4-6,9-10,12-13H2,1-3H3. The predicted molar refractivity (Wildman–Crippen MR) is 82.2 cm³/mol. The lowest BCUT2D eigenvalue weighted by Gasteiger charge is -2.26. The highest BCUT2D eigenvalue weighted by molar-refractivity contribution is 5.41. The molecule has 0 atom stereocenters. The van der Waals surface area contributed by atoms with E-state index in [0.29, 0.717) is 17.8 Å². The molecule has 1 aromatic rings. The largest absolute Gasteiger partial charge is 0.504 e. The number of hydrogen-bond donors (Lipinski definition) is 1. The summed E-state index contributed by atoms with van der Waals surface area (Å²) < 4.78 is 5.46. The van der Waals surface area contributed by atoms with Crippen LogP contribution in [0.5, 0.6) is 11.5 Å². The third-order valence-corrected chi connectivity index (χ3v) is 4.75. The minimum atomic E-state index is 0.230. The second-order valence-electron chi connectivity index (χ2n) is 5.90. The number of phenolic OH excluding ortho intramolecular Hbond substituents is 1. The molecule has 0 amide bonds. The SMILES string of the molecule is CCOc1cc(CN2CCC(CC)(CC)C2)ccc1O. The van der Waals surface area contributed by atoms with Gasteiger partial charge in [0.15, 0.2) is 11.5 Å². The van der Waals surface area contributed by atoms with Crippen LogP contribution < -0.4 is 4.74 Å². The summed E-state index contributed by atoms with van der Waals surface area (Å²) in [6.45, 7) is 10.4. The van der Waals surface area contributed by atoms with Gasteiger partial charge in [-0.25, -0.2) is 0 Å². The van der Waals surface area contributed by atoms with E-state index < -0.39 is 0 Å². The second kappa shape index (κ2) is 6.49. The molecule has 3 nitrogen and oxygen atoms in total. The van der Waals surface area contributed by atoms with Crippen molar-refractivity contribution in [3.05, 3.63) is 23.8 Å². The average Bonchev–Trinajstić information content (AvgIpc) is 2.87. The molecule has 1 aliphatic heterocycles. The molecule has 3 heteroatoms. The molecule has 1 N–H and O–H groups in total. The Morgan fingerprint density at radius 1 is 1.25 bits per heavy atom. The maximum atomic E-state index is 9.75. The molecular weight excluding hydrogens is 250 g/mol. The first kappa shape index (κ1) is 15.2. The topological polar surface area (TPSA) is 32.7 Å². The van der Waals surface area contributed by atoms with E-state index in [1.165, 1.54) is 37.9 Å². The first-order chi connectivity index (χ1) is 9.62. The number of likely N-dealkylation sites (tertiary alicyclic amines) is 1. The predicted octanol–water partition coefficient (Wildman–Crippen LogP) is 3.80. The van der Waals surface area contributed by atoms with Crippen molar-refractivity contribution >= 4 is 0 Å². The summed E-state index contributed by atoms with van der Waals surface area (Å²) in [7, 11) is 0. The molecule has 0 aliphatic carbocycles. The van der Waals surface area contributed by atoms with Crippen molar-refractivity contribution in [2.75, 3.05) is 19.7 Å². The van der Waals surface area contributed by atoms with Crippen LogP contribution in [0.3, 0.4) is 0 Å². The van der Waals surface area contributed by atoms with Crippen molar-refractivity contribution in [2.24, 2.45) is 5.41 Å². The van der Waals surface area contributed by atoms with E-state index in [2.05, 4.69) is 18.7 Å². The molecule has 0 saturated carbocycles. The first-order valence-corrected chi connectivity index (χ1v) is 7.79. The molecule has 112 valence electrons. The van der Waals surface area contributed by atoms with Gasteiger partial charge in [0, 0.05) is 13.1 Å². The summed E-state index contributed by atoms with van der Waals surface area (Å²) in [5.74, 6) is 0.829. The zero-order valence-electron chi connectivity index (χ0n) is 13.0. The van der Waals surface area contributed by atoms with E-state index in [9.17, 15) is 5.11 Å².